The number of nitrogens with two attached hydrogens (primary N) is 1. The van der Waals surface area contributed by atoms with Crippen LogP contribution in [-0.4, -0.2) is 18.0 Å². The number of thiophene rings is 1. The average molecular weight is 458 g/mol. The van der Waals surface area contributed by atoms with E-state index in [1.807, 2.05) is 43.3 Å². The molecule has 0 bridgehead atoms. The first-order valence-electron chi connectivity index (χ1n) is 8.98. The van der Waals surface area contributed by atoms with Crippen LogP contribution in [0.2, 0.25) is 10.0 Å². The number of carbonyl (C=O) groups is 1. The van der Waals surface area contributed by atoms with Crippen LogP contribution in [0.15, 0.2) is 48.5 Å². The predicted octanol–water partition coefficient (Wildman–Crippen LogP) is 6.42. The van der Waals surface area contributed by atoms with Gasteiger partial charge >= 0.3 is 0 Å². The molecule has 30 heavy (non-hydrogen) atoms. The molecule has 0 aliphatic rings. The molecular weight excluding hydrogens is 441 g/mol. The van der Waals surface area contributed by atoms with Crippen LogP contribution < -0.4 is 15.8 Å². The molecule has 0 saturated heterocycles. The lowest BCUT2D eigenvalue weighted by atomic mass is 10.1. The average Bonchev–Trinajstić information content (AvgIpc) is 3.07. The molecule has 152 valence electrons. The summed E-state index contributed by atoms with van der Waals surface area (Å²) in [7, 11) is 1.52. The first kappa shape index (κ1) is 20.5. The third-order valence-electron chi connectivity index (χ3n) is 4.67. The van der Waals surface area contributed by atoms with Crippen molar-refractivity contribution in [3.05, 3.63) is 69.0 Å². The Morgan fingerprint density at radius 1 is 1.13 bits per heavy atom. The summed E-state index contributed by atoms with van der Waals surface area (Å²) in [6, 6.07) is 14.6. The third-order valence-corrected chi connectivity index (χ3v) is 6.44. The number of pyridine rings is 1. The van der Waals surface area contributed by atoms with Crippen LogP contribution >= 0.6 is 34.5 Å². The third kappa shape index (κ3) is 3.81. The fraction of sp³-hybridized carbons (Fsp3) is 0.0909. The maximum absolute atomic E-state index is 12.9. The fourth-order valence-corrected chi connectivity index (χ4v) is 4.32. The SMILES string of the molecule is COc1cc(Cl)c(C)cc1NC(=O)c1sc2nc(-c3ccc(Cl)cc3)ccc2c1N. The minimum absolute atomic E-state index is 0.330. The minimum atomic E-state index is -0.330. The maximum atomic E-state index is 12.9. The number of methoxy groups -OCH3 is 1. The van der Waals surface area contributed by atoms with Gasteiger partial charge in [-0.2, -0.15) is 0 Å². The number of fused-ring (bicyclic) bond motifs is 1. The molecule has 0 spiro atoms. The minimum Gasteiger partial charge on any atom is -0.495 e. The van der Waals surface area contributed by atoms with E-state index in [0.717, 1.165) is 22.2 Å². The molecule has 0 saturated carbocycles. The number of rotatable bonds is 4. The number of hydrogen-bond donors (Lipinski definition) is 2. The van der Waals surface area contributed by atoms with Crippen molar-refractivity contribution in [3.63, 3.8) is 0 Å². The summed E-state index contributed by atoms with van der Waals surface area (Å²) in [4.78, 5) is 18.7. The van der Waals surface area contributed by atoms with Gasteiger partial charge in [-0.25, -0.2) is 4.98 Å². The molecule has 2 aromatic carbocycles. The van der Waals surface area contributed by atoms with Gasteiger partial charge in [0.2, 0.25) is 0 Å². The monoisotopic (exact) mass is 457 g/mol. The van der Waals surface area contributed by atoms with Gasteiger partial charge in [-0.15, -0.1) is 11.3 Å². The summed E-state index contributed by atoms with van der Waals surface area (Å²) >= 11 is 13.4. The quantitative estimate of drug-likeness (QED) is 0.370. The van der Waals surface area contributed by atoms with Crippen molar-refractivity contribution in [2.45, 2.75) is 6.92 Å². The second-order valence-electron chi connectivity index (χ2n) is 6.66. The van der Waals surface area contributed by atoms with Gasteiger partial charge in [-0.1, -0.05) is 35.3 Å². The lowest BCUT2D eigenvalue weighted by Gasteiger charge is -2.12. The largest absolute Gasteiger partial charge is 0.495 e. The smallest absolute Gasteiger partial charge is 0.268 e. The number of aromatic nitrogens is 1. The van der Waals surface area contributed by atoms with Crippen LogP contribution in [0, 0.1) is 6.92 Å². The number of nitrogen functional groups attached to an aromatic ring is 1. The van der Waals surface area contributed by atoms with E-state index < -0.39 is 0 Å². The van der Waals surface area contributed by atoms with Crippen LogP contribution in [0.4, 0.5) is 11.4 Å². The molecule has 0 fully saturated rings. The van der Waals surface area contributed by atoms with Gasteiger partial charge in [0.15, 0.2) is 0 Å². The summed E-state index contributed by atoms with van der Waals surface area (Å²) in [5, 5.41) is 4.82. The molecule has 4 aromatic rings. The lowest BCUT2D eigenvalue weighted by Crippen LogP contribution is -2.13. The highest BCUT2D eigenvalue weighted by molar-refractivity contribution is 7.21. The predicted molar refractivity (Wildman–Crippen MR) is 125 cm³/mol. The van der Waals surface area contributed by atoms with E-state index in [4.69, 9.17) is 33.7 Å². The molecule has 8 heteroatoms. The Labute approximate surface area is 187 Å². The van der Waals surface area contributed by atoms with Gasteiger partial charge in [0.05, 0.1) is 24.2 Å². The number of nitrogens with one attached hydrogen (secondary N) is 1. The van der Waals surface area contributed by atoms with Crippen molar-refractivity contribution in [3.8, 4) is 17.0 Å². The van der Waals surface area contributed by atoms with Crippen LogP contribution in [-0.2, 0) is 0 Å². The van der Waals surface area contributed by atoms with Gasteiger partial charge in [-0.05, 0) is 42.8 Å². The molecular formula is C22H17Cl2N3O2S. The van der Waals surface area contributed by atoms with Crippen molar-refractivity contribution in [1.29, 1.82) is 0 Å². The van der Waals surface area contributed by atoms with Crippen molar-refractivity contribution in [2.24, 2.45) is 0 Å². The van der Waals surface area contributed by atoms with E-state index in [9.17, 15) is 4.79 Å². The summed E-state index contributed by atoms with van der Waals surface area (Å²) in [6.07, 6.45) is 0. The molecule has 0 aliphatic heterocycles. The Morgan fingerprint density at radius 2 is 1.87 bits per heavy atom. The van der Waals surface area contributed by atoms with Crippen molar-refractivity contribution in [1.82, 2.24) is 4.98 Å². The van der Waals surface area contributed by atoms with Gasteiger partial charge in [0, 0.05) is 27.1 Å². The highest BCUT2D eigenvalue weighted by Crippen LogP contribution is 2.36. The van der Waals surface area contributed by atoms with Crippen LogP contribution in [0.1, 0.15) is 15.2 Å². The number of benzene rings is 2. The first-order valence-corrected chi connectivity index (χ1v) is 10.5. The molecule has 0 atom stereocenters. The van der Waals surface area contributed by atoms with E-state index in [-0.39, 0.29) is 5.91 Å². The molecule has 0 unspecified atom stereocenters. The number of aryl methyl sites for hydroxylation is 1. The van der Waals surface area contributed by atoms with Gasteiger partial charge in [0.25, 0.3) is 5.91 Å². The Balaban J connectivity index is 1.69. The zero-order chi connectivity index (χ0) is 21.4. The molecule has 2 heterocycles. The normalized spacial score (nSPS) is 10.9. The summed E-state index contributed by atoms with van der Waals surface area (Å²) in [5.74, 6) is 0.144. The highest BCUT2D eigenvalue weighted by atomic mass is 35.5. The number of nitrogens with zero attached hydrogens (tertiary/aromatic N) is 1. The molecule has 2 aromatic heterocycles. The fourth-order valence-electron chi connectivity index (χ4n) is 3.06. The van der Waals surface area contributed by atoms with E-state index in [2.05, 4.69) is 10.3 Å². The van der Waals surface area contributed by atoms with Gasteiger partial charge in [0.1, 0.15) is 15.5 Å². The molecule has 0 radical (unpaired) electrons. The number of halogens is 2. The Morgan fingerprint density at radius 3 is 2.57 bits per heavy atom. The van der Waals surface area contributed by atoms with E-state index in [0.29, 0.717) is 36.9 Å². The lowest BCUT2D eigenvalue weighted by molar-refractivity contribution is 0.103. The summed E-state index contributed by atoms with van der Waals surface area (Å²) in [5.41, 5.74) is 9.72. The van der Waals surface area contributed by atoms with Crippen LogP contribution in [0.25, 0.3) is 21.5 Å². The topological polar surface area (TPSA) is 77.2 Å². The van der Waals surface area contributed by atoms with Crippen LogP contribution in [0.3, 0.4) is 0 Å². The van der Waals surface area contributed by atoms with E-state index in [1.165, 1.54) is 18.4 Å². The number of amides is 1. The zero-order valence-corrected chi connectivity index (χ0v) is 18.5. The Hall–Kier alpha value is -2.80. The number of carbonyl (C=O) groups excluding carboxylic acids is 1. The number of ether oxygens (including phenoxy) is 1. The van der Waals surface area contributed by atoms with Crippen molar-refractivity contribution in [2.75, 3.05) is 18.2 Å². The molecule has 3 N–H and O–H groups in total. The van der Waals surface area contributed by atoms with Gasteiger partial charge < -0.3 is 15.8 Å². The molecule has 4 rings (SSSR count). The first-order chi connectivity index (χ1) is 14.4. The molecule has 0 aliphatic carbocycles. The van der Waals surface area contributed by atoms with Crippen molar-refractivity contribution >= 4 is 62.0 Å². The van der Waals surface area contributed by atoms with Crippen molar-refractivity contribution < 1.29 is 9.53 Å². The Bertz CT molecular complexity index is 1270. The zero-order valence-electron chi connectivity index (χ0n) is 16.1. The summed E-state index contributed by atoms with van der Waals surface area (Å²) in [6.45, 7) is 1.85. The highest BCUT2D eigenvalue weighted by Gasteiger charge is 2.19. The van der Waals surface area contributed by atoms with E-state index in [1.54, 1.807) is 12.1 Å². The maximum Gasteiger partial charge on any atom is 0.268 e. The van der Waals surface area contributed by atoms with E-state index >= 15 is 0 Å². The second kappa shape index (κ2) is 8.14. The Kier molecular flexibility index (Phi) is 5.56. The number of hydrogen-bond acceptors (Lipinski definition) is 5. The standard InChI is InChI=1S/C22H17Cl2N3O2S/c1-11-9-17(18(29-2)10-15(11)24)26-21(28)20-19(25)14-7-8-16(27-22(14)30-20)12-3-5-13(23)6-4-12/h3-10H,25H2,1-2H3,(H,26,28). The second-order valence-corrected chi connectivity index (χ2v) is 8.50. The molecule has 1 amide bonds. The molecule has 5 nitrogen and oxygen atoms in total. The summed E-state index contributed by atoms with van der Waals surface area (Å²) < 4.78 is 5.33. The number of anilines is 2. The van der Waals surface area contributed by atoms with Gasteiger partial charge in [-0.3, -0.25) is 4.79 Å². The van der Waals surface area contributed by atoms with Crippen LogP contribution in [0.5, 0.6) is 5.75 Å².